The highest BCUT2D eigenvalue weighted by Gasteiger charge is 2.19. The van der Waals surface area contributed by atoms with E-state index in [-0.39, 0.29) is 10.8 Å². The number of hydrogen-bond donors (Lipinski definition) is 0. The van der Waals surface area contributed by atoms with Crippen molar-refractivity contribution in [3.8, 4) is 33.4 Å². The Labute approximate surface area is 281 Å². The molecule has 4 nitrogen and oxygen atoms in total. The summed E-state index contributed by atoms with van der Waals surface area (Å²) in [6.07, 6.45) is 3.99. The number of fused-ring (bicyclic) bond motifs is 6. The lowest BCUT2D eigenvalue weighted by molar-refractivity contribution is 0.571. The first-order valence-corrected chi connectivity index (χ1v) is 16.6. The molecule has 8 aromatic rings. The number of pyridine rings is 4. The van der Waals surface area contributed by atoms with Crippen LogP contribution in [0.2, 0.25) is 0 Å². The van der Waals surface area contributed by atoms with E-state index in [4.69, 9.17) is 19.9 Å². The van der Waals surface area contributed by atoms with Gasteiger partial charge in [-0.25, -0.2) is 9.97 Å². The second-order valence-electron chi connectivity index (χ2n) is 14.9. The maximum absolute atomic E-state index is 5.07. The van der Waals surface area contributed by atoms with E-state index in [1.807, 2.05) is 12.4 Å². The molecule has 0 aliphatic heterocycles. The highest BCUT2D eigenvalue weighted by molar-refractivity contribution is 6.06. The first-order valence-electron chi connectivity index (χ1n) is 16.6. The molecule has 4 aromatic heterocycles. The highest BCUT2D eigenvalue weighted by Crippen LogP contribution is 2.40. The number of aromatic nitrogens is 4. The van der Waals surface area contributed by atoms with Gasteiger partial charge >= 0.3 is 0 Å². The second kappa shape index (κ2) is 11.1. The van der Waals surface area contributed by atoms with Crippen LogP contribution in [0.25, 0.3) is 77.0 Å². The third kappa shape index (κ3) is 5.18. The van der Waals surface area contributed by atoms with Crippen LogP contribution in [0.15, 0.2) is 122 Å². The largest absolute Gasteiger partial charge is 0.253 e. The molecule has 0 unspecified atom stereocenters. The maximum Gasteiger partial charge on any atom is 0.0968 e. The van der Waals surface area contributed by atoms with Gasteiger partial charge in [-0.3, -0.25) is 9.97 Å². The van der Waals surface area contributed by atoms with Crippen molar-refractivity contribution in [2.24, 2.45) is 0 Å². The molecule has 0 bridgehead atoms. The molecule has 48 heavy (non-hydrogen) atoms. The van der Waals surface area contributed by atoms with E-state index in [2.05, 4.69) is 151 Å². The Hall–Kier alpha value is -5.48. The molecule has 0 amide bonds. The van der Waals surface area contributed by atoms with Gasteiger partial charge in [0.2, 0.25) is 0 Å². The fourth-order valence-electron chi connectivity index (χ4n) is 6.63. The van der Waals surface area contributed by atoms with Gasteiger partial charge in [-0.15, -0.1) is 0 Å². The smallest absolute Gasteiger partial charge is 0.0968 e. The van der Waals surface area contributed by atoms with Gasteiger partial charge in [-0.1, -0.05) is 126 Å². The molecule has 4 heteroatoms. The summed E-state index contributed by atoms with van der Waals surface area (Å²) in [4.78, 5) is 20.2. The van der Waals surface area contributed by atoms with Gasteiger partial charge in [-0.05, 0) is 46.5 Å². The van der Waals surface area contributed by atoms with Gasteiger partial charge in [-0.2, -0.15) is 0 Å². The molecule has 0 spiro atoms. The maximum atomic E-state index is 5.07. The van der Waals surface area contributed by atoms with Crippen molar-refractivity contribution < 1.29 is 0 Å². The Bertz CT molecular complexity index is 2350. The molecule has 0 aliphatic carbocycles. The lowest BCUT2D eigenvalue weighted by Gasteiger charge is -2.18. The molecule has 0 radical (unpaired) electrons. The first kappa shape index (κ1) is 29.9. The van der Waals surface area contributed by atoms with Crippen LogP contribution in [0.4, 0.5) is 0 Å². The summed E-state index contributed by atoms with van der Waals surface area (Å²) in [6, 6.07) is 38.9. The minimum Gasteiger partial charge on any atom is -0.253 e. The summed E-state index contributed by atoms with van der Waals surface area (Å²) in [5.41, 5.74) is 12.5. The Kier molecular flexibility index (Phi) is 6.89. The molecule has 0 N–H and O–H groups in total. The zero-order valence-corrected chi connectivity index (χ0v) is 28.3. The van der Waals surface area contributed by atoms with Crippen LogP contribution in [0, 0.1) is 0 Å². The summed E-state index contributed by atoms with van der Waals surface area (Å²) in [5, 5.41) is 4.37. The molecule has 0 aliphatic rings. The van der Waals surface area contributed by atoms with E-state index in [9.17, 15) is 0 Å². The molecule has 234 valence electrons. The lowest BCUT2D eigenvalue weighted by atomic mass is 9.89. The predicted molar refractivity (Wildman–Crippen MR) is 201 cm³/mol. The number of rotatable bonds is 3. The third-order valence-electron chi connectivity index (χ3n) is 9.32. The topological polar surface area (TPSA) is 51.6 Å². The van der Waals surface area contributed by atoms with Crippen LogP contribution in [0.1, 0.15) is 52.9 Å². The van der Waals surface area contributed by atoms with Crippen LogP contribution < -0.4 is 0 Å². The van der Waals surface area contributed by atoms with E-state index in [1.165, 1.54) is 0 Å². The number of nitrogens with zero attached hydrogens (tertiary/aromatic N) is 4. The summed E-state index contributed by atoms with van der Waals surface area (Å²) in [7, 11) is 0. The van der Waals surface area contributed by atoms with Crippen molar-refractivity contribution in [3.63, 3.8) is 0 Å². The number of hydrogen-bond acceptors (Lipinski definition) is 4. The van der Waals surface area contributed by atoms with Crippen LogP contribution in [-0.2, 0) is 10.8 Å². The molecule has 0 atom stereocenters. The summed E-state index contributed by atoms with van der Waals surface area (Å²) >= 11 is 0. The zero-order valence-electron chi connectivity index (χ0n) is 28.3. The average Bonchev–Trinajstić information content (AvgIpc) is 3.09. The van der Waals surface area contributed by atoms with Crippen molar-refractivity contribution in [2.75, 3.05) is 0 Å². The molecular weight excluding hydrogens is 585 g/mol. The Morgan fingerprint density at radius 2 is 0.729 bits per heavy atom. The first-order chi connectivity index (χ1) is 23.0. The standard InChI is InChI=1S/C44H38N4/c1-43(2,3)37-21-19-27-15-17-29-23-31(25-45-39(29)41(27)47-37)33-11-7-9-13-35(33)36-14-10-8-12-34(36)32-24-30-18-16-28-20-22-38(44(4,5)6)48-42(28)40(30)46-26-32/h7-26H,1-6H3. The zero-order chi connectivity index (χ0) is 33.2. The summed E-state index contributed by atoms with van der Waals surface area (Å²) in [5.74, 6) is 0. The van der Waals surface area contributed by atoms with Crippen LogP contribution in [0.3, 0.4) is 0 Å². The predicted octanol–water partition coefficient (Wildman–Crippen LogP) is 11.5. The van der Waals surface area contributed by atoms with E-state index in [1.54, 1.807) is 0 Å². The average molecular weight is 623 g/mol. The van der Waals surface area contributed by atoms with Crippen LogP contribution >= 0.6 is 0 Å². The van der Waals surface area contributed by atoms with Crippen molar-refractivity contribution >= 4 is 43.6 Å². The molecule has 0 saturated carbocycles. The van der Waals surface area contributed by atoms with Crippen molar-refractivity contribution in [1.29, 1.82) is 0 Å². The van der Waals surface area contributed by atoms with Crippen molar-refractivity contribution in [2.45, 2.75) is 52.4 Å². The second-order valence-corrected chi connectivity index (χ2v) is 14.9. The fourth-order valence-corrected chi connectivity index (χ4v) is 6.63. The Morgan fingerprint density at radius 1 is 0.375 bits per heavy atom. The van der Waals surface area contributed by atoms with Gasteiger partial charge < -0.3 is 0 Å². The lowest BCUT2D eigenvalue weighted by Crippen LogP contribution is -2.13. The molecule has 0 fully saturated rings. The van der Waals surface area contributed by atoms with Crippen LogP contribution in [0.5, 0.6) is 0 Å². The highest BCUT2D eigenvalue weighted by atomic mass is 14.8. The Balaban J connectivity index is 1.24. The van der Waals surface area contributed by atoms with E-state index < -0.39 is 0 Å². The Morgan fingerprint density at radius 3 is 1.12 bits per heavy atom. The SMILES string of the molecule is CC(C)(C)c1ccc2ccc3cc(-c4ccccc4-c4ccccc4-c4cnc5c(ccc6ccc(C(C)(C)C)nc65)c4)cnc3c2n1. The third-order valence-corrected chi connectivity index (χ3v) is 9.32. The molecular formula is C44H38N4. The monoisotopic (exact) mass is 622 g/mol. The fraction of sp³-hybridized carbons (Fsp3) is 0.182. The van der Waals surface area contributed by atoms with Gasteiger partial charge in [0.1, 0.15) is 0 Å². The van der Waals surface area contributed by atoms with Crippen molar-refractivity contribution in [1.82, 2.24) is 19.9 Å². The quantitative estimate of drug-likeness (QED) is 0.184. The van der Waals surface area contributed by atoms with Gasteiger partial charge in [0.15, 0.2) is 0 Å². The molecule has 8 rings (SSSR count). The van der Waals surface area contributed by atoms with E-state index in [0.29, 0.717) is 0 Å². The molecule has 4 aromatic carbocycles. The summed E-state index contributed by atoms with van der Waals surface area (Å²) in [6.45, 7) is 13.2. The summed E-state index contributed by atoms with van der Waals surface area (Å²) < 4.78 is 0. The minimum absolute atomic E-state index is 0.0380. The number of benzene rings is 4. The van der Waals surface area contributed by atoms with Gasteiger partial charge in [0, 0.05) is 67.3 Å². The normalized spacial score (nSPS) is 12.4. The minimum atomic E-state index is -0.0380. The van der Waals surface area contributed by atoms with Crippen LogP contribution in [-0.4, -0.2) is 19.9 Å². The molecule has 0 saturated heterocycles. The van der Waals surface area contributed by atoms with E-state index >= 15 is 0 Å². The van der Waals surface area contributed by atoms with Gasteiger partial charge in [0.25, 0.3) is 0 Å². The van der Waals surface area contributed by atoms with E-state index in [0.717, 1.165) is 88.4 Å². The van der Waals surface area contributed by atoms with Crippen molar-refractivity contribution in [3.05, 3.63) is 133 Å². The molecule has 4 heterocycles. The van der Waals surface area contributed by atoms with Gasteiger partial charge in [0.05, 0.1) is 22.1 Å².